The minimum atomic E-state index is -0.843. The normalized spacial score (nSPS) is 10.2. The molecule has 2 aromatic carbocycles. The van der Waals surface area contributed by atoms with E-state index in [-0.39, 0.29) is 18.0 Å². The molecule has 0 unspecified atom stereocenters. The molecule has 8 heteroatoms. The fraction of sp³-hybridized carbons (Fsp3) is 0.0769. The van der Waals surface area contributed by atoms with Gasteiger partial charge in [0.15, 0.2) is 17.4 Å². The lowest BCUT2D eigenvalue weighted by atomic mass is 10.2. The van der Waals surface area contributed by atoms with Gasteiger partial charge in [0.2, 0.25) is 0 Å². The van der Waals surface area contributed by atoms with E-state index in [1.165, 1.54) is 24.3 Å². The first-order valence-corrected chi connectivity index (χ1v) is 5.83. The molecule has 0 saturated heterocycles. The van der Waals surface area contributed by atoms with Crippen molar-refractivity contribution in [3.05, 3.63) is 63.7 Å². The average Bonchev–Trinajstić information content (AvgIpc) is 2.46. The number of nitrogens with two attached hydrogens (primary N) is 1. The molecule has 0 radical (unpaired) electrons. The summed E-state index contributed by atoms with van der Waals surface area (Å²) in [6, 6.07) is 7.43. The van der Waals surface area contributed by atoms with Gasteiger partial charge in [0, 0.05) is 6.07 Å². The lowest BCUT2D eigenvalue weighted by molar-refractivity contribution is -0.384. The van der Waals surface area contributed by atoms with Crippen LogP contribution in [0.25, 0.3) is 0 Å². The molecule has 2 rings (SSSR count). The number of nitro groups is 1. The smallest absolute Gasteiger partial charge is 0.294 e. The maximum absolute atomic E-state index is 13.4. The standard InChI is InChI=1S/C13H11F2N3O3/c14-9-2-1-3-10(15)13(9)21-7-8-4-5-11(17-16)12(6-8)18(19)20/h1-6,17H,7,16H2. The maximum Gasteiger partial charge on any atom is 0.294 e. The van der Waals surface area contributed by atoms with Crippen molar-refractivity contribution >= 4 is 11.4 Å². The number of nitrogen functional groups attached to an aromatic ring is 1. The van der Waals surface area contributed by atoms with Gasteiger partial charge in [-0.05, 0) is 23.8 Å². The zero-order valence-electron chi connectivity index (χ0n) is 10.7. The van der Waals surface area contributed by atoms with Crippen molar-refractivity contribution in [2.75, 3.05) is 5.43 Å². The fourth-order valence-electron chi connectivity index (χ4n) is 1.72. The Morgan fingerprint density at radius 1 is 1.24 bits per heavy atom. The number of nitro benzene ring substituents is 1. The molecule has 0 bridgehead atoms. The molecule has 0 aromatic heterocycles. The summed E-state index contributed by atoms with van der Waals surface area (Å²) >= 11 is 0. The molecule has 110 valence electrons. The fourth-order valence-corrected chi connectivity index (χ4v) is 1.72. The van der Waals surface area contributed by atoms with Crippen LogP contribution in [0.15, 0.2) is 36.4 Å². The van der Waals surface area contributed by atoms with Gasteiger partial charge >= 0.3 is 0 Å². The van der Waals surface area contributed by atoms with Crippen molar-refractivity contribution < 1.29 is 18.4 Å². The van der Waals surface area contributed by atoms with Gasteiger partial charge in [-0.1, -0.05) is 12.1 Å². The van der Waals surface area contributed by atoms with Crippen molar-refractivity contribution in [3.63, 3.8) is 0 Å². The van der Waals surface area contributed by atoms with Gasteiger partial charge in [-0.2, -0.15) is 0 Å². The highest BCUT2D eigenvalue weighted by molar-refractivity contribution is 5.61. The van der Waals surface area contributed by atoms with E-state index in [4.69, 9.17) is 10.6 Å². The van der Waals surface area contributed by atoms with E-state index in [1.807, 2.05) is 0 Å². The molecule has 3 N–H and O–H groups in total. The van der Waals surface area contributed by atoms with Crippen LogP contribution in [0.5, 0.6) is 5.75 Å². The molecule has 0 aliphatic carbocycles. The van der Waals surface area contributed by atoms with Gasteiger partial charge in [0.1, 0.15) is 12.3 Å². The Bertz CT molecular complexity index is 659. The van der Waals surface area contributed by atoms with Crippen molar-refractivity contribution in [1.29, 1.82) is 0 Å². The van der Waals surface area contributed by atoms with Crippen molar-refractivity contribution in [1.82, 2.24) is 0 Å². The maximum atomic E-state index is 13.4. The SMILES string of the molecule is NNc1ccc(COc2c(F)cccc2F)cc1[N+](=O)[O-]. The largest absolute Gasteiger partial charge is 0.483 e. The van der Waals surface area contributed by atoms with E-state index < -0.39 is 22.3 Å². The van der Waals surface area contributed by atoms with Crippen LogP contribution in [-0.4, -0.2) is 4.92 Å². The first-order chi connectivity index (χ1) is 10.0. The van der Waals surface area contributed by atoms with E-state index in [2.05, 4.69) is 5.43 Å². The number of para-hydroxylation sites is 1. The summed E-state index contributed by atoms with van der Waals surface area (Å²) in [6.07, 6.45) is 0. The van der Waals surface area contributed by atoms with Gasteiger partial charge < -0.3 is 10.2 Å². The third kappa shape index (κ3) is 3.23. The second kappa shape index (κ2) is 6.14. The number of benzene rings is 2. The number of rotatable bonds is 5. The number of ether oxygens (including phenoxy) is 1. The molecule has 0 amide bonds. The molecular weight excluding hydrogens is 284 g/mol. The highest BCUT2D eigenvalue weighted by Gasteiger charge is 2.15. The quantitative estimate of drug-likeness (QED) is 0.503. The lowest BCUT2D eigenvalue weighted by Gasteiger charge is -2.09. The molecule has 6 nitrogen and oxygen atoms in total. The third-order valence-electron chi connectivity index (χ3n) is 2.72. The molecule has 21 heavy (non-hydrogen) atoms. The van der Waals surface area contributed by atoms with Crippen LogP contribution in [0.1, 0.15) is 5.56 Å². The number of nitrogens with one attached hydrogen (secondary N) is 1. The van der Waals surface area contributed by atoms with Gasteiger partial charge in [0.05, 0.1) is 4.92 Å². The second-order valence-corrected chi connectivity index (χ2v) is 4.09. The molecule has 2 aromatic rings. The molecule has 0 atom stereocenters. The summed E-state index contributed by atoms with van der Waals surface area (Å²) in [5, 5.41) is 10.9. The summed E-state index contributed by atoms with van der Waals surface area (Å²) in [5.41, 5.74) is 2.44. The van der Waals surface area contributed by atoms with Crippen molar-refractivity contribution in [3.8, 4) is 5.75 Å². The average molecular weight is 295 g/mol. The highest BCUT2D eigenvalue weighted by atomic mass is 19.1. The van der Waals surface area contributed by atoms with Crippen molar-refractivity contribution in [2.24, 2.45) is 5.84 Å². The number of hydrazine groups is 1. The van der Waals surface area contributed by atoms with E-state index in [0.717, 1.165) is 12.1 Å². The van der Waals surface area contributed by atoms with Crippen LogP contribution in [0.2, 0.25) is 0 Å². The predicted octanol–water partition coefficient (Wildman–Crippen LogP) is 2.74. The molecule has 0 aliphatic rings. The summed E-state index contributed by atoms with van der Waals surface area (Å²) in [4.78, 5) is 10.2. The molecule has 0 saturated carbocycles. The van der Waals surface area contributed by atoms with Crippen LogP contribution in [0.4, 0.5) is 20.2 Å². The topological polar surface area (TPSA) is 90.4 Å². The minimum absolute atomic E-state index is 0.126. The van der Waals surface area contributed by atoms with Gasteiger partial charge in [0.25, 0.3) is 5.69 Å². The van der Waals surface area contributed by atoms with E-state index in [9.17, 15) is 18.9 Å². The van der Waals surface area contributed by atoms with E-state index >= 15 is 0 Å². The Hall–Kier alpha value is -2.74. The van der Waals surface area contributed by atoms with Crippen LogP contribution < -0.4 is 16.0 Å². The Kier molecular flexibility index (Phi) is 4.29. The Balaban J connectivity index is 2.21. The number of hydrogen-bond donors (Lipinski definition) is 2. The summed E-state index contributed by atoms with van der Waals surface area (Å²) in [6.45, 7) is -0.219. The summed E-state index contributed by atoms with van der Waals surface area (Å²) in [5.74, 6) is 2.95. The van der Waals surface area contributed by atoms with Crippen LogP contribution in [-0.2, 0) is 6.61 Å². The van der Waals surface area contributed by atoms with Crippen LogP contribution in [0.3, 0.4) is 0 Å². The van der Waals surface area contributed by atoms with Crippen LogP contribution in [0, 0.1) is 21.7 Å². The number of halogens is 2. The molecule has 0 aliphatic heterocycles. The minimum Gasteiger partial charge on any atom is -0.483 e. The second-order valence-electron chi connectivity index (χ2n) is 4.09. The van der Waals surface area contributed by atoms with Crippen molar-refractivity contribution in [2.45, 2.75) is 6.61 Å². The lowest BCUT2D eigenvalue weighted by Crippen LogP contribution is -2.09. The Labute approximate surface area is 118 Å². The summed E-state index contributed by atoms with van der Waals surface area (Å²) < 4.78 is 31.8. The first-order valence-electron chi connectivity index (χ1n) is 5.83. The van der Waals surface area contributed by atoms with Gasteiger partial charge in [-0.3, -0.25) is 16.0 Å². The predicted molar refractivity (Wildman–Crippen MR) is 71.6 cm³/mol. The van der Waals surface area contributed by atoms with Crippen LogP contribution >= 0.6 is 0 Å². The molecular formula is C13H11F2N3O3. The van der Waals surface area contributed by atoms with Gasteiger partial charge in [-0.25, -0.2) is 8.78 Å². The molecule has 0 fully saturated rings. The first kappa shape index (κ1) is 14.7. The number of anilines is 1. The highest BCUT2D eigenvalue weighted by Crippen LogP contribution is 2.26. The Morgan fingerprint density at radius 3 is 2.48 bits per heavy atom. The number of nitrogens with zero attached hydrogens (tertiary/aromatic N) is 1. The van der Waals surface area contributed by atoms with E-state index in [1.54, 1.807) is 0 Å². The third-order valence-corrected chi connectivity index (χ3v) is 2.72. The molecule has 0 spiro atoms. The molecule has 0 heterocycles. The van der Waals surface area contributed by atoms with Gasteiger partial charge in [-0.15, -0.1) is 0 Å². The Morgan fingerprint density at radius 2 is 1.90 bits per heavy atom. The number of hydrogen-bond acceptors (Lipinski definition) is 5. The van der Waals surface area contributed by atoms with E-state index in [0.29, 0.717) is 5.56 Å². The zero-order chi connectivity index (χ0) is 15.4. The zero-order valence-corrected chi connectivity index (χ0v) is 10.7. The monoisotopic (exact) mass is 295 g/mol. The summed E-state index contributed by atoms with van der Waals surface area (Å²) in [7, 11) is 0.